The Morgan fingerprint density at radius 2 is 2.22 bits per heavy atom. The number of ether oxygens (including phenoxy) is 1. The Balaban J connectivity index is 1.74. The van der Waals surface area contributed by atoms with Crippen LogP contribution in [-0.2, 0) is 9.53 Å². The Kier molecular flexibility index (Phi) is 3.21. The molecule has 18 heavy (non-hydrogen) atoms. The summed E-state index contributed by atoms with van der Waals surface area (Å²) in [5.74, 6) is 0.474. The summed E-state index contributed by atoms with van der Waals surface area (Å²) in [6, 6.07) is 3.60. The molecule has 1 amide bonds. The lowest BCUT2D eigenvalue weighted by molar-refractivity contribution is -0.113. The molecule has 1 fully saturated rings. The summed E-state index contributed by atoms with van der Waals surface area (Å²) < 4.78 is 10.5. The first-order valence-corrected chi connectivity index (χ1v) is 6.53. The molecule has 2 aliphatic heterocycles. The van der Waals surface area contributed by atoms with Crippen LogP contribution in [-0.4, -0.2) is 42.3 Å². The number of amides is 1. The fraction of sp³-hybridized carbons (Fsp3) is 0.333. The number of rotatable bonds is 1. The maximum atomic E-state index is 11.8. The first-order chi connectivity index (χ1) is 8.83. The number of nitrogens with zero attached hydrogens (tertiary/aromatic N) is 2. The van der Waals surface area contributed by atoms with E-state index in [1.54, 1.807) is 18.4 Å². The maximum Gasteiger partial charge on any atom is 0.286 e. The molecule has 0 atom stereocenters. The fourth-order valence-electron chi connectivity index (χ4n) is 1.79. The monoisotopic (exact) mass is 264 g/mol. The van der Waals surface area contributed by atoms with Crippen molar-refractivity contribution < 1.29 is 13.9 Å². The number of aliphatic imine (C=N–C) groups is 1. The highest BCUT2D eigenvalue weighted by molar-refractivity contribution is 8.18. The van der Waals surface area contributed by atoms with Gasteiger partial charge in [0.05, 0.1) is 24.4 Å². The Bertz CT molecular complexity index is 501. The summed E-state index contributed by atoms with van der Waals surface area (Å²) in [6.45, 7) is 2.94. The molecule has 3 heterocycles. The van der Waals surface area contributed by atoms with E-state index < -0.39 is 0 Å². The van der Waals surface area contributed by atoms with Crippen molar-refractivity contribution in [2.75, 3.05) is 26.3 Å². The van der Waals surface area contributed by atoms with Gasteiger partial charge in [0.15, 0.2) is 5.17 Å². The predicted octanol–water partition coefficient (Wildman–Crippen LogP) is 1.58. The van der Waals surface area contributed by atoms with Gasteiger partial charge in [-0.25, -0.2) is 0 Å². The van der Waals surface area contributed by atoms with Gasteiger partial charge in [0.1, 0.15) is 5.76 Å². The number of amidine groups is 1. The molecule has 0 radical (unpaired) electrons. The topological polar surface area (TPSA) is 55.0 Å². The van der Waals surface area contributed by atoms with Crippen LogP contribution in [0.25, 0.3) is 6.08 Å². The van der Waals surface area contributed by atoms with E-state index in [0.717, 1.165) is 18.3 Å². The Morgan fingerprint density at radius 3 is 2.94 bits per heavy atom. The highest BCUT2D eigenvalue weighted by Gasteiger charge is 2.27. The minimum absolute atomic E-state index is 0.196. The van der Waals surface area contributed by atoms with E-state index in [-0.39, 0.29) is 5.91 Å². The molecule has 0 saturated carbocycles. The van der Waals surface area contributed by atoms with Crippen molar-refractivity contribution in [3.05, 3.63) is 29.1 Å². The van der Waals surface area contributed by atoms with Crippen LogP contribution < -0.4 is 0 Å². The maximum absolute atomic E-state index is 11.8. The Hall–Kier alpha value is -1.53. The number of carbonyl (C=O) groups excluding carboxylic acids is 1. The van der Waals surface area contributed by atoms with Crippen LogP contribution in [0, 0.1) is 0 Å². The van der Waals surface area contributed by atoms with E-state index in [9.17, 15) is 4.79 Å². The molecule has 5 nitrogen and oxygen atoms in total. The number of hydrogen-bond acceptors (Lipinski definition) is 5. The Labute approximate surface area is 108 Å². The lowest BCUT2D eigenvalue weighted by Crippen LogP contribution is -2.38. The third kappa shape index (κ3) is 2.34. The molecule has 0 N–H and O–H groups in total. The van der Waals surface area contributed by atoms with Crippen LogP contribution in [0.3, 0.4) is 0 Å². The summed E-state index contributed by atoms with van der Waals surface area (Å²) in [5, 5.41) is 0.765. The molecule has 0 aliphatic carbocycles. The van der Waals surface area contributed by atoms with Gasteiger partial charge in [-0.1, -0.05) is 0 Å². The van der Waals surface area contributed by atoms with Gasteiger partial charge in [-0.3, -0.25) is 4.79 Å². The van der Waals surface area contributed by atoms with E-state index in [4.69, 9.17) is 9.15 Å². The molecule has 94 valence electrons. The smallest absolute Gasteiger partial charge is 0.286 e. The normalized spacial score (nSPS) is 22.7. The van der Waals surface area contributed by atoms with Crippen molar-refractivity contribution in [2.45, 2.75) is 0 Å². The second-order valence-corrected chi connectivity index (χ2v) is 4.93. The van der Waals surface area contributed by atoms with Crippen LogP contribution in [0.1, 0.15) is 5.76 Å². The molecule has 2 aliphatic rings. The summed E-state index contributed by atoms with van der Waals surface area (Å²) in [5.41, 5.74) is 0. The summed E-state index contributed by atoms with van der Waals surface area (Å²) in [6.07, 6.45) is 3.31. The van der Waals surface area contributed by atoms with Crippen molar-refractivity contribution in [2.24, 2.45) is 4.99 Å². The zero-order valence-corrected chi connectivity index (χ0v) is 10.5. The van der Waals surface area contributed by atoms with Gasteiger partial charge in [-0.15, -0.1) is 0 Å². The fourth-order valence-corrected chi connectivity index (χ4v) is 2.74. The lowest BCUT2D eigenvalue weighted by atomic mass is 10.4. The highest BCUT2D eigenvalue weighted by atomic mass is 32.2. The van der Waals surface area contributed by atoms with Crippen molar-refractivity contribution in [3.8, 4) is 0 Å². The number of morpholine rings is 1. The molecule has 0 bridgehead atoms. The molecule has 1 saturated heterocycles. The summed E-state index contributed by atoms with van der Waals surface area (Å²) in [7, 11) is 0. The molecule has 6 heteroatoms. The van der Waals surface area contributed by atoms with Crippen LogP contribution in [0.4, 0.5) is 0 Å². The van der Waals surface area contributed by atoms with Gasteiger partial charge >= 0.3 is 0 Å². The van der Waals surface area contributed by atoms with Gasteiger partial charge in [0.25, 0.3) is 5.91 Å². The molecule has 0 aromatic carbocycles. The minimum atomic E-state index is -0.196. The van der Waals surface area contributed by atoms with Gasteiger partial charge in [0, 0.05) is 19.2 Å². The zero-order valence-electron chi connectivity index (χ0n) is 9.67. The molecule has 1 aromatic heterocycles. The summed E-state index contributed by atoms with van der Waals surface area (Å²) >= 11 is 1.40. The van der Waals surface area contributed by atoms with Crippen molar-refractivity contribution in [3.63, 3.8) is 0 Å². The zero-order chi connectivity index (χ0) is 12.4. The predicted molar refractivity (Wildman–Crippen MR) is 69.1 cm³/mol. The van der Waals surface area contributed by atoms with Crippen molar-refractivity contribution in [1.29, 1.82) is 0 Å². The van der Waals surface area contributed by atoms with Crippen molar-refractivity contribution >= 4 is 28.9 Å². The molecule has 3 rings (SSSR count). The quantitative estimate of drug-likeness (QED) is 0.721. The average molecular weight is 264 g/mol. The van der Waals surface area contributed by atoms with E-state index in [1.165, 1.54) is 11.8 Å². The molecule has 1 aromatic rings. The first kappa shape index (κ1) is 11.6. The molecular weight excluding hydrogens is 252 g/mol. The Morgan fingerprint density at radius 1 is 1.39 bits per heavy atom. The molecule has 0 unspecified atom stereocenters. The SMILES string of the molecule is O=C1N=C(N2CCOCC2)S/C1=C\c1ccco1. The van der Waals surface area contributed by atoms with Gasteiger partial charge in [0.2, 0.25) is 0 Å². The third-order valence-corrected chi connectivity index (χ3v) is 3.75. The number of carbonyl (C=O) groups is 1. The standard InChI is InChI=1S/C12H12N2O3S/c15-11-10(8-9-2-1-5-17-9)18-12(13-11)14-3-6-16-7-4-14/h1-2,5,8H,3-4,6-7H2/b10-8-. The number of hydrogen-bond donors (Lipinski definition) is 0. The number of furan rings is 1. The van der Waals surface area contributed by atoms with Crippen LogP contribution in [0.5, 0.6) is 0 Å². The second kappa shape index (κ2) is 4.99. The van der Waals surface area contributed by atoms with E-state index in [0.29, 0.717) is 23.9 Å². The molecular formula is C12H12N2O3S. The minimum Gasteiger partial charge on any atom is -0.465 e. The van der Waals surface area contributed by atoms with E-state index in [1.807, 2.05) is 6.07 Å². The van der Waals surface area contributed by atoms with E-state index >= 15 is 0 Å². The highest BCUT2D eigenvalue weighted by Crippen LogP contribution is 2.30. The first-order valence-electron chi connectivity index (χ1n) is 5.72. The number of thioether (sulfide) groups is 1. The van der Waals surface area contributed by atoms with Gasteiger partial charge < -0.3 is 14.1 Å². The van der Waals surface area contributed by atoms with Crippen LogP contribution in [0.15, 0.2) is 32.7 Å². The van der Waals surface area contributed by atoms with Crippen LogP contribution >= 0.6 is 11.8 Å². The largest absolute Gasteiger partial charge is 0.465 e. The van der Waals surface area contributed by atoms with Crippen molar-refractivity contribution in [1.82, 2.24) is 4.90 Å². The second-order valence-electron chi connectivity index (χ2n) is 3.93. The van der Waals surface area contributed by atoms with Gasteiger partial charge in [-0.05, 0) is 23.9 Å². The lowest BCUT2D eigenvalue weighted by Gasteiger charge is -2.27. The third-order valence-electron chi connectivity index (χ3n) is 2.71. The average Bonchev–Trinajstić information content (AvgIpc) is 3.02. The molecule has 0 spiro atoms. The van der Waals surface area contributed by atoms with Crippen LogP contribution in [0.2, 0.25) is 0 Å². The van der Waals surface area contributed by atoms with Gasteiger partial charge in [-0.2, -0.15) is 4.99 Å². The van der Waals surface area contributed by atoms with E-state index in [2.05, 4.69) is 9.89 Å². The summed E-state index contributed by atoms with van der Waals surface area (Å²) in [4.78, 5) is 18.5.